The van der Waals surface area contributed by atoms with Gasteiger partial charge in [0.1, 0.15) is 5.82 Å². The lowest BCUT2D eigenvalue weighted by molar-refractivity contribution is 0.0647. The zero-order valence-electron chi connectivity index (χ0n) is 10.5. The minimum Gasteiger partial charge on any atom is -0.394 e. The lowest BCUT2D eigenvalue weighted by Gasteiger charge is -2.22. The Morgan fingerprint density at radius 3 is 2.89 bits per heavy atom. The van der Waals surface area contributed by atoms with E-state index in [2.05, 4.69) is 0 Å². The maximum absolute atomic E-state index is 13.3. The molecule has 1 heterocycles. The molecule has 1 aromatic carbocycles. The Hall–Kier alpha value is -1.17. The van der Waals surface area contributed by atoms with Crippen LogP contribution in [0.15, 0.2) is 18.2 Å². The van der Waals surface area contributed by atoms with Crippen LogP contribution in [0.5, 0.6) is 0 Å². The SMILES string of the molecule is CO[C@@H]1C[C@@H](CO)N(C(=O)c2cc(F)cc(Cl)c2)C1. The van der Waals surface area contributed by atoms with Gasteiger partial charge >= 0.3 is 0 Å². The van der Waals surface area contributed by atoms with E-state index in [1.807, 2.05) is 0 Å². The van der Waals surface area contributed by atoms with E-state index in [0.29, 0.717) is 13.0 Å². The van der Waals surface area contributed by atoms with Crippen molar-refractivity contribution < 1.29 is 19.0 Å². The van der Waals surface area contributed by atoms with E-state index in [1.54, 1.807) is 7.11 Å². The number of aliphatic hydroxyl groups is 1. The van der Waals surface area contributed by atoms with E-state index in [9.17, 15) is 14.3 Å². The van der Waals surface area contributed by atoms with Crippen LogP contribution in [0.25, 0.3) is 0 Å². The molecule has 6 heteroatoms. The number of amides is 1. The van der Waals surface area contributed by atoms with Gasteiger partial charge in [-0.15, -0.1) is 0 Å². The second kappa shape index (κ2) is 5.86. The van der Waals surface area contributed by atoms with Crippen LogP contribution in [0, 0.1) is 5.82 Å². The molecular weight excluding hydrogens is 273 g/mol. The van der Waals surface area contributed by atoms with Gasteiger partial charge in [-0.2, -0.15) is 0 Å². The number of nitrogens with zero attached hydrogens (tertiary/aromatic N) is 1. The van der Waals surface area contributed by atoms with Crippen LogP contribution in [-0.4, -0.2) is 48.3 Å². The van der Waals surface area contributed by atoms with Gasteiger partial charge in [0.15, 0.2) is 0 Å². The molecule has 4 nitrogen and oxygen atoms in total. The first-order valence-electron chi connectivity index (χ1n) is 5.96. The molecule has 1 saturated heterocycles. The molecule has 1 N–H and O–H groups in total. The summed E-state index contributed by atoms with van der Waals surface area (Å²) in [5.41, 5.74) is 0.181. The molecule has 1 fully saturated rings. The van der Waals surface area contributed by atoms with Gasteiger partial charge in [-0.05, 0) is 24.6 Å². The van der Waals surface area contributed by atoms with Gasteiger partial charge in [0.25, 0.3) is 5.91 Å². The molecule has 104 valence electrons. The highest BCUT2D eigenvalue weighted by atomic mass is 35.5. The third-order valence-electron chi connectivity index (χ3n) is 3.29. The van der Waals surface area contributed by atoms with Crippen LogP contribution in [0.2, 0.25) is 5.02 Å². The Kier molecular flexibility index (Phi) is 4.39. The smallest absolute Gasteiger partial charge is 0.254 e. The largest absolute Gasteiger partial charge is 0.394 e. The fourth-order valence-corrected chi connectivity index (χ4v) is 2.53. The summed E-state index contributed by atoms with van der Waals surface area (Å²) in [5, 5.41) is 9.48. The van der Waals surface area contributed by atoms with Gasteiger partial charge in [0.2, 0.25) is 0 Å². The van der Waals surface area contributed by atoms with Crippen molar-refractivity contribution in [2.45, 2.75) is 18.6 Å². The van der Waals surface area contributed by atoms with Crippen molar-refractivity contribution in [1.29, 1.82) is 0 Å². The normalized spacial score (nSPS) is 22.8. The fraction of sp³-hybridized carbons (Fsp3) is 0.462. The molecule has 2 rings (SSSR count). The van der Waals surface area contributed by atoms with Crippen molar-refractivity contribution >= 4 is 17.5 Å². The van der Waals surface area contributed by atoms with Crippen molar-refractivity contribution in [3.8, 4) is 0 Å². The van der Waals surface area contributed by atoms with Gasteiger partial charge < -0.3 is 14.7 Å². The number of likely N-dealkylation sites (tertiary alicyclic amines) is 1. The molecule has 1 aliphatic rings. The first-order valence-corrected chi connectivity index (χ1v) is 6.33. The van der Waals surface area contributed by atoms with Crippen molar-refractivity contribution in [1.82, 2.24) is 4.90 Å². The minimum absolute atomic E-state index is 0.106. The monoisotopic (exact) mass is 287 g/mol. The van der Waals surface area contributed by atoms with Gasteiger partial charge in [0.05, 0.1) is 18.8 Å². The number of hydrogen-bond acceptors (Lipinski definition) is 3. The van der Waals surface area contributed by atoms with Crippen molar-refractivity contribution in [2.24, 2.45) is 0 Å². The molecule has 1 amide bonds. The first kappa shape index (κ1) is 14.2. The number of carbonyl (C=O) groups is 1. The Bertz CT molecular complexity index is 463. The molecule has 0 bridgehead atoms. The van der Waals surface area contributed by atoms with Gasteiger partial charge in [0, 0.05) is 24.2 Å². The molecule has 0 unspecified atom stereocenters. The second-order valence-electron chi connectivity index (χ2n) is 4.55. The van der Waals surface area contributed by atoms with Crippen LogP contribution >= 0.6 is 11.6 Å². The van der Waals surface area contributed by atoms with Crippen molar-refractivity contribution in [3.05, 3.63) is 34.6 Å². The van der Waals surface area contributed by atoms with Crippen molar-refractivity contribution in [2.75, 3.05) is 20.3 Å². The topological polar surface area (TPSA) is 49.8 Å². The lowest BCUT2D eigenvalue weighted by Crippen LogP contribution is -2.38. The summed E-state index contributed by atoms with van der Waals surface area (Å²) >= 11 is 5.74. The third-order valence-corrected chi connectivity index (χ3v) is 3.51. The summed E-state index contributed by atoms with van der Waals surface area (Å²) in [5.74, 6) is -0.904. The highest BCUT2D eigenvalue weighted by Gasteiger charge is 2.35. The summed E-state index contributed by atoms with van der Waals surface area (Å²) in [6.07, 6.45) is 0.465. The highest BCUT2D eigenvalue weighted by Crippen LogP contribution is 2.23. The molecule has 19 heavy (non-hydrogen) atoms. The Morgan fingerprint density at radius 1 is 1.58 bits per heavy atom. The molecule has 0 spiro atoms. The maximum atomic E-state index is 13.3. The average molecular weight is 288 g/mol. The zero-order chi connectivity index (χ0) is 14.0. The molecule has 0 saturated carbocycles. The average Bonchev–Trinajstić information content (AvgIpc) is 2.80. The van der Waals surface area contributed by atoms with Crippen molar-refractivity contribution in [3.63, 3.8) is 0 Å². The third kappa shape index (κ3) is 3.05. The molecule has 0 aromatic heterocycles. The number of aliphatic hydroxyl groups excluding tert-OH is 1. The van der Waals surface area contributed by atoms with Crippen LogP contribution in [-0.2, 0) is 4.74 Å². The summed E-state index contributed by atoms with van der Waals surface area (Å²) < 4.78 is 18.5. The number of benzene rings is 1. The fourth-order valence-electron chi connectivity index (χ4n) is 2.31. The molecular formula is C13H15ClFNO3. The Labute approximate surface area is 115 Å². The summed E-state index contributed by atoms with van der Waals surface area (Å²) in [7, 11) is 1.56. The Balaban J connectivity index is 2.23. The number of carbonyl (C=O) groups excluding carboxylic acids is 1. The van der Waals surface area contributed by atoms with Crippen LogP contribution in [0.3, 0.4) is 0 Å². The number of rotatable bonds is 3. The van der Waals surface area contributed by atoms with E-state index in [4.69, 9.17) is 16.3 Å². The highest BCUT2D eigenvalue weighted by molar-refractivity contribution is 6.31. The van der Waals surface area contributed by atoms with E-state index in [-0.39, 0.29) is 35.2 Å². The van der Waals surface area contributed by atoms with E-state index >= 15 is 0 Å². The predicted molar refractivity (Wildman–Crippen MR) is 68.7 cm³/mol. The van der Waals surface area contributed by atoms with Crippen LogP contribution in [0.4, 0.5) is 4.39 Å². The molecule has 0 radical (unpaired) electrons. The van der Waals surface area contributed by atoms with Gasteiger partial charge in [-0.1, -0.05) is 11.6 Å². The predicted octanol–water partition coefficient (Wildman–Crippen LogP) is 1.70. The minimum atomic E-state index is -0.557. The molecule has 0 aliphatic carbocycles. The standard InChI is InChI=1S/C13H15ClFNO3/c1-19-12-5-11(7-17)16(6-12)13(18)8-2-9(14)4-10(15)3-8/h2-4,11-12,17H,5-7H2,1H3/t11-,12+/m0/s1. The zero-order valence-corrected chi connectivity index (χ0v) is 11.2. The lowest BCUT2D eigenvalue weighted by atomic mass is 10.1. The quantitative estimate of drug-likeness (QED) is 0.920. The number of hydrogen-bond donors (Lipinski definition) is 1. The van der Waals surface area contributed by atoms with Gasteiger partial charge in [-0.25, -0.2) is 4.39 Å². The van der Waals surface area contributed by atoms with Crippen LogP contribution < -0.4 is 0 Å². The number of methoxy groups -OCH3 is 1. The summed E-state index contributed by atoms with van der Waals surface area (Å²) in [6, 6.07) is 3.40. The first-order chi connectivity index (χ1) is 9.05. The maximum Gasteiger partial charge on any atom is 0.254 e. The summed E-state index contributed by atoms with van der Waals surface area (Å²) in [6.45, 7) is 0.239. The second-order valence-corrected chi connectivity index (χ2v) is 4.98. The Morgan fingerprint density at radius 2 is 2.32 bits per heavy atom. The van der Waals surface area contributed by atoms with E-state index in [0.717, 1.165) is 12.1 Å². The summed E-state index contributed by atoms with van der Waals surface area (Å²) in [4.78, 5) is 13.8. The molecule has 2 atom stereocenters. The van der Waals surface area contributed by atoms with Crippen LogP contribution in [0.1, 0.15) is 16.8 Å². The number of ether oxygens (including phenoxy) is 1. The molecule has 1 aliphatic heterocycles. The van der Waals surface area contributed by atoms with E-state index in [1.165, 1.54) is 11.0 Å². The molecule has 1 aromatic rings. The van der Waals surface area contributed by atoms with E-state index < -0.39 is 5.82 Å². The number of halogens is 2. The van der Waals surface area contributed by atoms with Gasteiger partial charge in [-0.3, -0.25) is 4.79 Å².